The highest BCUT2D eigenvalue weighted by Gasteiger charge is 2.37. The molecular formula is C77H49F6N3. The molecule has 0 amide bonds. The van der Waals surface area contributed by atoms with Crippen molar-refractivity contribution in [1.82, 2.24) is 13.7 Å². The molecule has 16 rings (SSSR count). The molecule has 0 N–H and O–H groups in total. The van der Waals surface area contributed by atoms with Crippen LogP contribution in [0.25, 0.3) is 138 Å². The van der Waals surface area contributed by atoms with Gasteiger partial charge < -0.3 is 13.7 Å². The van der Waals surface area contributed by atoms with Crippen LogP contribution in [0.5, 0.6) is 0 Å². The number of rotatable bonds is 7. The van der Waals surface area contributed by atoms with Crippen molar-refractivity contribution in [3.05, 3.63) is 283 Å². The van der Waals surface area contributed by atoms with Gasteiger partial charge in [-0.1, -0.05) is 177 Å². The number of halogens is 6. The van der Waals surface area contributed by atoms with Gasteiger partial charge in [0.1, 0.15) is 0 Å². The van der Waals surface area contributed by atoms with Gasteiger partial charge in [0.25, 0.3) is 0 Å². The number of nitrogens with zero attached hydrogens (tertiary/aromatic N) is 3. The summed E-state index contributed by atoms with van der Waals surface area (Å²) in [5.74, 6) is -0.146. The molecule has 86 heavy (non-hydrogen) atoms. The van der Waals surface area contributed by atoms with E-state index in [1.807, 2.05) is 71.3 Å². The lowest BCUT2D eigenvalue weighted by molar-refractivity contribution is -0.138. The molecular weight excluding hydrogens is 1080 g/mol. The monoisotopic (exact) mass is 1130 g/mol. The molecule has 9 heteroatoms. The second kappa shape index (κ2) is 19.3. The summed E-state index contributed by atoms with van der Waals surface area (Å²) in [7, 11) is 0. The maximum absolute atomic E-state index is 14.7. The average Bonchev–Trinajstić information content (AvgIpc) is 2.56. The predicted molar refractivity (Wildman–Crippen MR) is 341 cm³/mol. The lowest BCUT2D eigenvalue weighted by Gasteiger charge is -2.25. The minimum atomic E-state index is -4.56. The Morgan fingerprint density at radius 3 is 1.26 bits per heavy atom. The minimum absolute atomic E-state index is 0.0657. The summed E-state index contributed by atoms with van der Waals surface area (Å²) < 4.78 is 94.0. The van der Waals surface area contributed by atoms with Crippen molar-refractivity contribution in [2.45, 2.75) is 31.6 Å². The summed E-state index contributed by atoms with van der Waals surface area (Å²) in [5, 5.41) is 9.25. The fraction of sp³-hybridized carbons (Fsp3) is 0.0649. The topological polar surface area (TPSA) is 14.8 Å². The fourth-order valence-electron chi connectivity index (χ4n) is 14.1. The maximum Gasteiger partial charge on any atom is 0.418 e. The number of fused-ring (bicyclic) bond motifs is 11. The van der Waals surface area contributed by atoms with Crippen LogP contribution in [0.4, 0.5) is 26.3 Å². The van der Waals surface area contributed by atoms with E-state index in [0.29, 0.717) is 17.5 Å². The van der Waals surface area contributed by atoms with Gasteiger partial charge in [0.2, 0.25) is 0 Å². The summed E-state index contributed by atoms with van der Waals surface area (Å²) in [5.41, 5.74) is 14.1. The number of alkyl halides is 6. The second-order valence-corrected chi connectivity index (χ2v) is 22.6. The normalized spacial score (nSPS) is 13.9. The van der Waals surface area contributed by atoms with Crippen molar-refractivity contribution in [1.29, 1.82) is 0 Å². The Balaban J connectivity index is 0.880. The molecule has 0 fully saturated rings. The van der Waals surface area contributed by atoms with E-state index in [9.17, 15) is 26.3 Å². The lowest BCUT2D eigenvalue weighted by atomic mass is 9.84. The molecule has 1 aliphatic carbocycles. The number of para-hydroxylation sites is 4. The predicted octanol–water partition coefficient (Wildman–Crippen LogP) is 22.2. The molecule has 1 unspecified atom stereocenters. The second-order valence-electron chi connectivity index (χ2n) is 22.6. The van der Waals surface area contributed by atoms with Gasteiger partial charge in [-0.25, -0.2) is 0 Å². The van der Waals surface area contributed by atoms with Gasteiger partial charge in [-0.15, -0.1) is 0 Å². The molecule has 0 saturated heterocycles. The van der Waals surface area contributed by atoms with Crippen LogP contribution >= 0.6 is 0 Å². The van der Waals surface area contributed by atoms with Crippen molar-refractivity contribution in [2.24, 2.45) is 0 Å². The van der Waals surface area contributed by atoms with Crippen molar-refractivity contribution >= 4 is 87.7 Å². The van der Waals surface area contributed by atoms with Crippen LogP contribution in [0.1, 0.15) is 47.2 Å². The number of hydrogen-bond donors (Lipinski definition) is 0. The van der Waals surface area contributed by atoms with Gasteiger partial charge in [0.05, 0.1) is 50.1 Å². The SMILES string of the molecule is CC1CC(c2ccc3c(c2)c2cc(-c4ccc5c(c4)c4ccccc4n5-c4ccccc4C(F)(F)F)ccc2n3-c2ccc(-c3c4ccccc4c(-c4ccccc4)c4ccccc34)cc2)=Cc2c1n(-c1ccccc1C(F)(F)F)c1ccccc21. The smallest absolute Gasteiger partial charge is 0.312 e. The molecule has 0 radical (unpaired) electrons. The molecule has 1 aliphatic rings. The summed E-state index contributed by atoms with van der Waals surface area (Å²) in [4.78, 5) is 0. The van der Waals surface area contributed by atoms with Gasteiger partial charge in [-0.05, 0) is 163 Å². The summed E-state index contributed by atoms with van der Waals surface area (Å²) in [6, 6.07) is 82.7. The Kier molecular flexibility index (Phi) is 11.5. The Bertz CT molecular complexity index is 5250. The average molecular weight is 1130 g/mol. The molecule has 0 bridgehead atoms. The number of aromatic nitrogens is 3. The first kappa shape index (κ1) is 51.3. The van der Waals surface area contributed by atoms with Crippen LogP contribution in [-0.2, 0) is 12.4 Å². The zero-order valence-corrected chi connectivity index (χ0v) is 46.2. The van der Waals surface area contributed by atoms with E-state index >= 15 is 0 Å². The van der Waals surface area contributed by atoms with Gasteiger partial charge in [-0.2, -0.15) is 26.3 Å². The van der Waals surface area contributed by atoms with Crippen LogP contribution in [0.2, 0.25) is 0 Å². The van der Waals surface area contributed by atoms with Gasteiger partial charge >= 0.3 is 12.4 Å². The Hall–Kier alpha value is -10.4. The van der Waals surface area contributed by atoms with E-state index in [4.69, 9.17) is 0 Å². The first-order chi connectivity index (χ1) is 41.9. The van der Waals surface area contributed by atoms with Crippen molar-refractivity contribution < 1.29 is 26.3 Å². The third kappa shape index (κ3) is 7.98. The standard InChI is InChI=1S/C77H49F6N3/c1-46-41-52(45-63-55-20-10-14-28-67(55)86(75(46)63)72-30-16-12-26-65(72)77(81,82)83)51-35-39-69-62(44-51)61-43-50(49-34-40-70-60(42-49)54-19-9-13-27-66(54)85(70)71-29-15-11-25-64(71)76(78,79)80)33-38-68(61)84(69)53-36-31-48(32-37-53)74-58-23-7-5-21-56(58)73(47-17-3-2-4-18-47)57-22-6-8-24-59(57)74/h2-40,42-46H,41H2,1H3. The highest BCUT2D eigenvalue weighted by atomic mass is 19.4. The molecule has 12 aromatic carbocycles. The molecule has 414 valence electrons. The van der Waals surface area contributed by atoms with E-state index in [-0.39, 0.29) is 17.3 Å². The Labute approximate surface area is 490 Å². The first-order valence-electron chi connectivity index (χ1n) is 28.8. The van der Waals surface area contributed by atoms with E-state index < -0.39 is 23.5 Å². The molecule has 3 aromatic heterocycles. The van der Waals surface area contributed by atoms with Crippen molar-refractivity contribution in [3.8, 4) is 50.4 Å². The number of benzene rings is 12. The largest absolute Gasteiger partial charge is 0.418 e. The van der Waals surface area contributed by atoms with Crippen LogP contribution in [0, 0.1) is 0 Å². The zero-order valence-electron chi connectivity index (χ0n) is 46.2. The molecule has 0 saturated carbocycles. The quantitative estimate of drug-likeness (QED) is 0.112. The highest BCUT2D eigenvalue weighted by Crippen LogP contribution is 2.49. The molecule has 0 aliphatic heterocycles. The summed E-state index contributed by atoms with van der Waals surface area (Å²) >= 11 is 0. The summed E-state index contributed by atoms with van der Waals surface area (Å²) in [6.45, 7) is 2.10. The third-order valence-corrected chi connectivity index (χ3v) is 17.7. The number of allylic oxidation sites excluding steroid dienone is 1. The van der Waals surface area contributed by atoms with Crippen LogP contribution < -0.4 is 0 Å². The van der Waals surface area contributed by atoms with Crippen molar-refractivity contribution in [3.63, 3.8) is 0 Å². The molecule has 15 aromatic rings. The van der Waals surface area contributed by atoms with E-state index in [1.165, 1.54) is 34.5 Å². The van der Waals surface area contributed by atoms with Crippen LogP contribution in [-0.4, -0.2) is 13.7 Å². The molecule has 1 atom stereocenters. The molecule has 3 heterocycles. The maximum atomic E-state index is 14.7. The molecule has 0 spiro atoms. The van der Waals surface area contributed by atoms with Crippen LogP contribution in [0.3, 0.4) is 0 Å². The minimum Gasteiger partial charge on any atom is -0.312 e. The Morgan fingerprint density at radius 1 is 0.326 bits per heavy atom. The van der Waals surface area contributed by atoms with Crippen LogP contribution in [0.15, 0.2) is 255 Å². The number of hydrogen-bond acceptors (Lipinski definition) is 0. The lowest BCUT2D eigenvalue weighted by Crippen LogP contribution is -2.14. The molecule has 3 nitrogen and oxygen atoms in total. The summed E-state index contributed by atoms with van der Waals surface area (Å²) in [6.07, 6.45) is -6.35. The third-order valence-electron chi connectivity index (χ3n) is 17.7. The van der Waals surface area contributed by atoms with Crippen molar-refractivity contribution in [2.75, 3.05) is 0 Å². The Morgan fingerprint density at radius 2 is 0.709 bits per heavy atom. The van der Waals surface area contributed by atoms with Gasteiger partial charge in [0, 0.05) is 49.8 Å². The van der Waals surface area contributed by atoms with Gasteiger partial charge in [0.15, 0.2) is 0 Å². The highest BCUT2D eigenvalue weighted by molar-refractivity contribution is 6.22. The van der Waals surface area contributed by atoms with E-state index in [1.54, 1.807) is 22.8 Å². The van der Waals surface area contributed by atoms with Gasteiger partial charge in [-0.3, -0.25) is 0 Å². The van der Waals surface area contributed by atoms with E-state index in [2.05, 4.69) is 157 Å². The first-order valence-corrected chi connectivity index (χ1v) is 28.8. The zero-order chi connectivity index (χ0) is 58.2. The van der Waals surface area contributed by atoms with E-state index in [0.717, 1.165) is 122 Å². The fourth-order valence-corrected chi connectivity index (χ4v) is 14.1.